The first-order valence-corrected chi connectivity index (χ1v) is 9.37. The normalized spacial score (nSPS) is 11.0. The average Bonchev–Trinajstić information content (AvgIpc) is 2.66. The standard InChI is InChI=1S/C20H24N4O5/c1-4-12-22-17(11-8-15-6-9-16(10-7-15)21-14(3)25)18(24(28)29)19(26)23(13-5-2)20(22)27/h6-11H,4-5,12-13H2,1-3H3,(H,21,25)/b11-8+. The van der Waals surface area contributed by atoms with Crippen molar-refractivity contribution >= 4 is 29.4 Å². The molecule has 0 aliphatic rings. The van der Waals surface area contributed by atoms with E-state index in [4.69, 9.17) is 0 Å². The quantitative estimate of drug-likeness (QED) is 0.540. The van der Waals surface area contributed by atoms with Gasteiger partial charge in [0.25, 0.3) is 0 Å². The number of nitrogens with one attached hydrogen (secondary N) is 1. The zero-order valence-corrected chi connectivity index (χ0v) is 16.7. The number of nitrogens with zero attached hydrogens (tertiary/aromatic N) is 3. The molecular formula is C20H24N4O5. The van der Waals surface area contributed by atoms with E-state index in [2.05, 4.69) is 5.32 Å². The molecule has 0 aliphatic carbocycles. The third kappa shape index (κ3) is 5.07. The molecule has 0 radical (unpaired) electrons. The average molecular weight is 400 g/mol. The highest BCUT2D eigenvalue weighted by atomic mass is 16.6. The van der Waals surface area contributed by atoms with Gasteiger partial charge in [-0.3, -0.25) is 28.8 Å². The van der Waals surface area contributed by atoms with E-state index in [1.807, 2.05) is 6.92 Å². The number of hydrogen-bond acceptors (Lipinski definition) is 5. The van der Waals surface area contributed by atoms with Crippen molar-refractivity contribution in [2.75, 3.05) is 5.32 Å². The third-order valence-electron chi connectivity index (χ3n) is 4.18. The SMILES string of the molecule is CCCn1c(/C=C/c2ccc(NC(C)=O)cc2)c([N+](=O)[O-])c(=O)n(CCC)c1=O. The molecule has 0 fully saturated rings. The predicted molar refractivity (Wildman–Crippen MR) is 112 cm³/mol. The molecule has 2 rings (SSSR count). The molecule has 0 atom stereocenters. The summed E-state index contributed by atoms with van der Waals surface area (Å²) in [6.07, 6.45) is 4.09. The van der Waals surface area contributed by atoms with Gasteiger partial charge in [0.2, 0.25) is 5.91 Å². The molecule has 0 saturated heterocycles. The summed E-state index contributed by atoms with van der Waals surface area (Å²) in [5.41, 5.74) is -0.769. The van der Waals surface area contributed by atoms with Crippen LogP contribution in [0.3, 0.4) is 0 Å². The molecule has 1 aromatic carbocycles. The molecule has 2 aromatic rings. The van der Waals surface area contributed by atoms with Gasteiger partial charge in [0.1, 0.15) is 5.69 Å². The minimum absolute atomic E-state index is 0.0230. The number of benzene rings is 1. The van der Waals surface area contributed by atoms with Crippen LogP contribution in [0.1, 0.15) is 44.9 Å². The maximum absolute atomic E-state index is 12.8. The number of hydrogen-bond donors (Lipinski definition) is 1. The van der Waals surface area contributed by atoms with Crippen molar-refractivity contribution in [3.63, 3.8) is 0 Å². The van der Waals surface area contributed by atoms with Crippen LogP contribution in [0.5, 0.6) is 0 Å². The molecule has 0 aliphatic heterocycles. The molecule has 0 saturated carbocycles. The molecule has 0 unspecified atom stereocenters. The number of aromatic nitrogens is 2. The lowest BCUT2D eigenvalue weighted by molar-refractivity contribution is -0.387. The monoisotopic (exact) mass is 400 g/mol. The summed E-state index contributed by atoms with van der Waals surface area (Å²) in [4.78, 5) is 47.3. The summed E-state index contributed by atoms with van der Waals surface area (Å²) < 4.78 is 2.20. The minimum Gasteiger partial charge on any atom is -0.326 e. The summed E-state index contributed by atoms with van der Waals surface area (Å²) in [5.74, 6) is -0.194. The van der Waals surface area contributed by atoms with Crippen LogP contribution >= 0.6 is 0 Å². The molecule has 0 bridgehead atoms. The van der Waals surface area contributed by atoms with Gasteiger partial charge in [0.15, 0.2) is 0 Å². The molecule has 1 aromatic heterocycles. The first kappa shape index (κ1) is 21.8. The van der Waals surface area contributed by atoms with Gasteiger partial charge in [0, 0.05) is 25.7 Å². The molecule has 1 heterocycles. The molecular weight excluding hydrogens is 376 g/mol. The van der Waals surface area contributed by atoms with Crippen molar-refractivity contribution < 1.29 is 9.72 Å². The lowest BCUT2D eigenvalue weighted by Gasteiger charge is -2.13. The van der Waals surface area contributed by atoms with E-state index in [1.54, 1.807) is 37.3 Å². The second-order valence-electron chi connectivity index (χ2n) is 6.52. The van der Waals surface area contributed by atoms with Crippen LogP contribution in [0.2, 0.25) is 0 Å². The molecule has 29 heavy (non-hydrogen) atoms. The summed E-state index contributed by atoms with van der Waals surface area (Å²) in [7, 11) is 0. The Hall–Kier alpha value is -3.49. The van der Waals surface area contributed by atoms with Crippen molar-refractivity contribution in [3.05, 3.63) is 66.5 Å². The fourth-order valence-electron chi connectivity index (χ4n) is 2.96. The molecule has 0 spiro atoms. The van der Waals surface area contributed by atoms with Gasteiger partial charge in [-0.15, -0.1) is 0 Å². The van der Waals surface area contributed by atoms with Gasteiger partial charge in [-0.1, -0.05) is 32.1 Å². The van der Waals surface area contributed by atoms with Crippen molar-refractivity contribution in [3.8, 4) is 0 Å². The maximum Gasteiger partial charge on any atom is 0.357 e. The van der Waals surface area contributed by atoms with E-state index >= 15 is 0 Å². The molecule has 1 N–H and O–H groups in total. The number of amides is 1. The highest BCUT2D eigenvalue weighted by molar-refractivity contribution is 5.88. The highest BCUT2D eigenvalue weighted by Crippen LogP contribution is 2.17. The molecule has 9 nitrogen and oxygen atoms in total. The Morgan fingerprint density at radius 3 is 2.17 bits per heavy atom. The lowest BCUT2D eigenvalue weighted by atomic mass is 10.1. The minimum atomic E-state index is -0.894. The Balaban J connectivity index is 2.59. The highest BCUT2D eigenvalue weighted by Gasteiger charge is 2.25. The fourth-order valence-corrected chi connectivity index (χ4v) is 2.96. The zero-order chi connectivity index (χ0) is 21.6. The van der Waals surface area contributed by atoms with Crippen LogP contribution in [0.4, 0.5) is 11.4 Å². The number of rotatable bonds is 8. The van der Waals surface area contributed by atoms with E-state index in [0.29, 0.717) is 24.1 Å². The smallest absolute Gasteiger partial charge is 0.326 e. The Morgan fingerprint density at radius 1 is 1.07 bits per heavy atom. The van der Waals surface area contributed by atoms with E-state index in [0.717, 1.165) is 4.57 Å². The van der Waals surface area contributed by atoms with E-state index in [1.165, 1.54) is 17.6 Å². The van der Waals surface area contributed by atoms with Gasteiger partial charge < -0.3 is 5.32 Å². The van der Waals surface area contributed by atoms with E-state index in [9.17, 15) is 24.5 Å². The number of anilines is 1. The number of nitro groups is 1. The van der Waals surface area contributed by atoms with Crippen LogP contribution in [-0.2, 0) is 17.9 Å². The summed E-state index contributed by atoms with van der Waals surface area (Å²) in [6.45, 7) is 5.42. The molecule has 1 amide bonds. The van der Waals surface area contributed by atoms with Crippen molar-refractivity contribution in [2.45, 2.75) is 46.7 Å². The van der Waals surface area contributed by atoms with Gasteiger partial charge >= 0.3 is 16.9 Å². The van der Waals surface area contributed by atoms with Gasteiger partial charge in [-0.05, 0) is 36.6 Å². The number of carbonyl (C=O) groups is 1. The topological polar surface area (TPSA) is 116 Å². The van der Waals surface area contributed by atoms with E-state index in [-0.39, 0.29) is 24.7 Å². The van der Waals surface area contributed by atoms with Gasteiger partial charge in [0.05, 0.1) is 4.92 Å². The van der Waals surface area contributed by atoms with Gasteiger partial charge in [-0.25, -0.2) is 4.79 Å². The van der Waals surface area contributed by atoms with Crippen molar-refractivity contribution in [1.82, 2.24) is 9.13 Å². The second-order valence-corrected chi connectivity index (χ2v) is 6.52. The lowest BCUT2D eigenvalue weighted by Crippen LogP contribution is -2.42. The van der Waals surface area contributed by atoms with Crippen LogP contribution in [0.15, 0.2) is 33.9 Å². The first-order valence-electron chi connectivity index (χ1n) is 9.37. The summed E-state index contributed by atoms with van der Waals surface area (Å²) >= 11 is 0. The van der Waals surface area contributed by atoms with E-state index < -0.39 is 21.9 Å². The Labute approximate surface area is 167 Å². The van der Waals surface area contributed by atoms with Gasteiger partial charge in [-0.2, -0.15) is 0 Å². The third-order valence-corrected chi connectivity index (χ3v) is 4.18. The fraction of sp³-hybridized carbons (Fsp3) is 0.350. The zero-order valence-electron chi connectivity index (χ0n) is 16.7. The molecule has 154 valence electrons. The first-order chi connectivity index (χ1) is 13.8. The summed E-state index contributed by atoms with van der Waals surface area (Å²) in [5, 5.41) is 14.3. The van der Waals surface area contributed by atoms with Crippen LogP contribution in [0, 0.1) is 10.1 Å². The Morgan fingerprint density at radius 2 is 1.66 bits per heavy atom. The molecule has 9 heteroatoms. The predicted octanol–water partition coefficient (Wildman–Crippen LogP) is 2.87. The van der Waals surface area contributed by atoms with Crippen LogP contribution < -0.4 is 16.6 Å². The largest absolute Gasteiger partial charge is 0.357 e. The van der Waals surface area contributed by atoms with Crippen molar-refractivity contribution in [2.24, 2.45) is 0 Å². The van der Waals surface area contributed by atoms with Crippen LogP contribution in [0.25, 0.3) is 12.2 Å². The number of carbonyl (C=O) groups excluding carboxylic acids is 1. The Kier molecular flexibility index (Phi) is 7.24. The Bertz CT molecular complexity index is 1050. The maximum atomic E-state index is 12.8. The van der Waals surface area contributed by atoms with Crippen LogP contribution in [-0.4, -0.2) is 20.0 Å². The summed E-state index contributed by atoms with van der Waals surface area (Å²) in [6, 6.07) is 6.81. The van der Waals surface area contributed by atoms with Crippen molar-refractivity contribution in [1.29, 1.82) is 0 Å². The second kappa shape index (κ2) is 9.63.